The van der Waals surface area contributed by atoms with Crippen LogP contribution in [0.15, 0.2) is 23.3 Å². The summed E-state index contributed by atoms with van der Waals surface area (Å²) in [4.78, 5) is 0. The van der Waals surface area contributed by atoms with Crippen LogP contribution in [0.4, 0.5) is 0 Å². The van der Waals surface area contributed by atoms with Crippen molar-refractivity contribution in [1.82, 2.24) is 0 Å². The molecule has 0 aromatic carbocycles. The molecule has 1 unspecified atom stereocenters. The van der Waals surface area contributed by atoms with Gasteiger partial charge in [0, 0.05) is 6.04 Å². The largest absolute Gasteiger partial charge is 0.330 e. The van der Waals surface area contributed by atoms with E-state index in [-0.39, 0.29) is 6.04 Å². The van der Waals surface area contributed by atoms with E-state index >= 15 is 0 Å². The first-order valence-corrected chi connectivity index (χ1v) is 5.81. The zero-order chi connectivity index (χ0) is 11.7. The second kappa shape index (κ2) is 8.69. The summed E-state index contributed by atoms with van der Waals surface area (Å²) in [5.74, 6) is 0. The molecule has 0 aliphatic rings. The SMILES string of the molecule is CC(C)=CCC/C(C)=C/CC(N)CCN. The van der Waals surface area contributed by atoms with Crippen LogP contribution in [-0.2, 0) is 0 Å². The third-order valence-electron chi connectivity index (χ3n) is 2.40. The standard InChI is InChI=1S/C13H26N2/c1-11(2)5-4-6-12(3)7-8-13(15)9-10-14/h5,7,13H,4,6,8-10,14-15H2,1-3H3/b12-7+. The van der Waals surface area contributed by atoms with Crippen molar-refractivity contribution in [2.75, 3.05) is 6.54 Å². The summed E-state index contributed by atoms with van der Waals surface area (Å²) in [5, 5.41) is 0. The Bertz CT molecular complexity index is 213. The van der Waals surface area contributed by atoms with Gasteiger partial charge in [0.2, 0.25) is 0 Å². The lowest BCUT2D eigenvalue weighted by molar-refractivity contribution is 0.627. The third-order valence-corrected chi connectivity index (χ3v) is 2.40. The Morgan fingerprint density at radius 3 is 2.40 bits per heavy atom. The van der Waals surface area contributed by atoms with Gasteiger partial charge in [-0.25, -0.2) is 0 Å². The number of nitrogens with two attached hydrogens (primary N) is 2. The van der Waals surface area contributed by atoms with Crippen molar-refractivity contribution in [3.63, 3.8) is 0 Å². The highest BCUT2D eigenvalue weighted by Crippen LogP contribution is 2.08. The van der Waals surface area contributed by atoms with Crippen LogP contribution >= 0.6 is 0 Å². The summed E-state index contributed by atoms with van der Waals surface area (Å²) < 4.78 is 0. The highest BCUT2D eigenvalue weighted by atomic mass is 14.6. The van der Waals surface area contributed by atoms with Crippen molar-refractivity contribution < 1.29 is 0 Å². The maximum atomic E-state index is 5.87. The summed E-state index contributed by atoms with van der Waals surface area (Å²) in [6.07, 6.45) is 8.67. The van der Waals surface area contributed by atoms with Gasteiger partial charge in [-0.2, -0.15) is 0 Å². The lowest BCUT2D eigenvalue weighted by Crippen LogP contribution is -2.22. The van der Waals surface area contributed by atoms with Crippen molar-refractivity contribution in [2.24, 2.45) is 11.5 Å². The van der Waals surface area contributed by atoms with Crippen molar-refractivity contribution in [3.05, 3.63) is 23.3 Å². The maximum absolute atomic E-state index is 5.87. The van der Waals surface area contributed by atoms with E-state index in [1.54, 1.807) is 0 Å². The number of hydrogen-bond donors (Lipinski definition) is 2. The quantitative estimate of drug-likeness (QED) is 0.635. The molecule has 0 aromatic rings. The van der Waals surface area contributed by atoms with Crippen LogP contribution in [0, 0.1) is 0 Å². The van der Waals surface area contributed by atoms with Crippen molar-refractivity contribution in [2.45, 2.75) is 52.5 Å². The Morgan fingerprint density at radius 2 is 1.87 bits per heavy atom. The van der Waals surface area contributed by atoms with Crippen LogP contribution in [-0.4, -0.2) is 12.6 Å². The molecule has 0 bridgehead atoms. The Kier molecular flexibility index (Phi) is 8.34. The van der Waals surface area contributed by atoms with Gasteiger partial charge < -0.3 is 11.5 Å². The first kappa shape index (κ1) is 14.4. The molecule has 0 spiro atoms. The second-order valence-electron chi connectivity index (χ2n) is 4.44. The summed E-state index contributed by atoms with van der Waals surface area (Å²) in [6.45, 7) is 7.13. The minimum atomic E-state index is 0.230. The van der Waals surface area contributed by atoms with E-state index in [1.807, 2.05) is 0 Å². The topological polar surface area (TPSA) is 52.0 Å². The van der Waals surface area contributed by atoms with Gasteiger partial charge >= 0.3 is 0 Å². The smallest absolute Gasteiger partial charge is 0.00855 e. The molecule has 0 fully saturated rings. The molecule has 0 aliphatic carbocycles. The lowest BCUT2D eigenvalue weighted by Gasteiger charge is -2.07. The fraction of sp³-hybridized carbons (Fsp3) is 0.692. The van der Waals surface area contributed by atoms with Crippen LogP contribution in [0.25, 0.3) is 0 Å². The molecule has 0 heterocycles. The van der Waals surface area contributed by atoms with Gasteiger partial charge in [0.15, 0.2) is 0 Å². The van der Waals surface area contributed by atoms with E-state index in [9.17, 15) is 0 Å². The van der Waals surface area contributed by atoms with E-state index in [0.29, 0.717) is 6.54 Å². The third kappa shape index (κ3) is 9.70. The van der Waals surface area contributed by atoms with Gasteiger partial charge in [-0.05, 0) is 53.0 Å². The Balaban J connectivity index is 3.74. The minimum Gasteiger partial charge on any atom is -0.330 e. The average molecular weight is 210 g/mol. The zero-order valence-electron chi connectivity index (χ0n) is 10.4. The van der Waals surface area contributed by atoms with Crippen LogP contribution in [0.3, 0.4) is 0 Å². The molecule has 0 aromatic heterocycles. The molecule has 4 N–H and O–H groups in total. The van der Waals surface area contributed by atoms with Crippen LogP contribution < -0.4 is 11.5 Å². The molecule has 88 valence electrons. The van der Waals surface area contributed by atoms with Crippen molar-refractivity contribution in [3.8, 4) is 0 Å². The van der Waals surface area contributed by atoms with Gasteiger partial charge in [-0.15, -0.1) is 0 Å². The first-order valence-electron chi connectivity index (χ1n) is 5.81. The number of rotatable bonds is 7. The minimum absolute atomic E-state index is 0.230. The van der Waals surface area contributed by atoms with Crippen LogP contribution in [0.5, 0.6) is 0 Å². The van der Waals surface area contributed by atoms with Crippen LogP contribution in [0.1, 0.15) is 46.5 Å². The first-order chi connectivity index (χ1) is 7.06. The van der Waals surface area contributed by atoms with Gasteiger partial charge in [0.05, 0.1) is 0 Å². The second-order valence-corrected chi connectivity index (χ2v) is 4.44. The Hall–Kier alpha value is -0.600. The summed E-state index contributed by atoms with van der Waals surface area (Å²) in [7, 11) is 0. The molecule has 2 heteroatoms. The molecule has 0 aliphatic heterocycles. The molecule has 1 atom stereocenters. The molecule has 0 amide bonds. The van der Waals surface area contributed by atoms with Gasteiger partial charge in [0.25, 0.3) is 0 Å². The fourth-order valence-corrected chi connectivity index (χ4v) is 1.38. The summed E-state index contributed by atoms with van der Waals surface area (Å²) >= 11 is 0. The van der Waals surface area contributed by atoms with E-state index in [2.05, 4.69) is 32.9 Å². The predicted molar refractivity (Wildman–Crippen MR) is 68.7 cm³/mol. The zero-order valence-corrected chi connectivity index (χ0v) is 10.4. The fourth-order valence-electron chi connectivity index (χ4n) is 1.38. The van der Waals surface area contributed by atoms with E-state index in [0.717, 1.165) is 25.7 Å². The van der Waals surface area contributed by atoms with Crippen molar-refractivity contribution >= 4 is 0 Å². The highest BCUT2D eigenvalue weighted by Gasteiger charge is 1.98. The average Bonchev–Trinajstić information content (AvgIpc) is 2.14. The number of allylic oxidation sites excluding steroid dienone is 3. The van der Waals surface area contributed by atoms with Gasteiger partial charge in [-0.3, -0.25) is 0 Å². The predicted octanol–water partition coefficient (Wildman–Crippen LogP) is 2.75. The molecule has 2 nitrogen and oxygen atoms in total. The molecular weight excluding hydrogens is 184 g/mol. The van der Waals surface area contributed by atoms with Crippen molar-refractivity contribution in [1.29, 1.82) is 0 Å². The summed E-state index contributed by atoms with van der Waals surface area (Å²) in [5.41, 5.74) is 14.1. The van der Waals surface area contributed by atoms with Gasteiger partial charge in [-0.1, -0.05) is 23.3 Å². The molecule has 0 radical (unpaired) electrons. The Morgan fingerprint density at radius 1 is 1.20 bits per heavy atom. The van der Waals surface area contributed by atoms with E-state index < -0.39 is 0 Å². The van der Waals surface area contributed by atoms with E-state index in [1.165, 1.54) is 11.1 Å². The van der Waals surface area contributed by atoms with Crippen LogP contribution in [0.2, 0.25) is 0 Å². The molecule has 0 saturated heterocycles. The summed E-state index contributed by atoms with van der Waals surface area (Å²) in [6, 6.07) is 0.230. The molecular formula is C13H26N2. The van der Waals surface area contributed by atoms with Gasteiger partial charge in [0.1, 0.15) is 0 Å². The molecule has 0 saturated carbocycles. The maximum Gasteiger partial charge on any atom is 0.00855 e. The normalized spacial score (nSPS) is 13.8. The molecule has 15 heavy (non-hydrogen) atoms. The Labute approximate surface area is 94.4 Å². The highest BCUT2D eigenvalue weighted by molar-refractivity contribution is 5.02. The molecule has 0 rings (SSSR count). The lowest BCUT2D eigenvalue weighted by atomic mass is 10.1. The number of hydrogen-bond acceptors (Lipinski definition) is 2. The van der Waals surface area contributed by atoms with E-state index in [4.69, 9.17) is 11.5 Å². The monoisotopic (exact) mass is 210 g/mol.